The molecule has 0 bridgehead atoms. The SMILES string of the molecule is CC[C@@H]1CN(c2cc(N3CCCC3)ncn2)CCN1CC(F)F. The molecule has 2 saturated heterocycles. The van der Waals surface area contributed by atoms with E-state index >= 15 is 0 Å². The Labute approximate surface area is 136 Å². The topological polar surface area (TPSA) is 35.5 Å². The van der Waals surface area contributed by atoms with E-state index in [4.69, 9.17) is 0 Å². The van der Waals surface area contributed by atoms with Gasteiger partial charge in [-0.2, -0.15) is 0 Å². The van der Waals surface area contributed by atoms with Gasteiger partial charge in [0.25, 0.3) is 6.43 Å². The summed E-state index contributed by atoms with van der Waals surface area (Å²) in [5.74, 6) is 1.90. The molecule has 3 rings (SSSR count). The number of anilines is 2. The van der Waals surface area contributed by atoms with Gasteiger partial charge in [0.1, 0.15) is 18.0 Å². The second-order valence-electron chi connectivity index (χ2n) is 6.32. The lowest BCUT2D eigenvalue weighted by molar-refractivity contribution is 0.0586. The molecule has 2 fully saturated rings. The van der Waals surface area contributed by atoms with Gasteiger partial charge in [0.2, 0.25) is 0 Å². The number of hydrogen-bond acceptors (Lipinski definition) is 5. The molecule has 2 aliphatic heterocycles. The van der Waals surface area contributed by atoms with Crippen molar-refractivity contribution in [1.82, 2.24) is 14.9 Å². The largest absolute Gasteiger partial charge is 0.356 e. The Hall–Kier alpha value is -1.50. The van der Waals surface area contributed by atoms with Crippen molar-refractivity contribution in [2.24, 2.45) is 0 Å². The number of halogens is 2. The third kappa shape index (κ3) is 3.88. The molecule has 23 heavy (non-hydrogen) atoms. The van der Waals surface area contributed by atoms with Crippen LogP contribution in [0, 0.1) is 0 Å². The lowest BCUT2D eigenvalue weighted by Crippen LogP contribution is -2.54. The minimum absolute atomic E-state index is 0.130. The lowest BCUT2D eigenvalue weighted by atomic mass is 10.1. The van der Waals surface area contributed by atoms with Crippen molar-refractivity contribution in [3.8, 4) is 0 Å². The van der Waals surface area contributed by atoms with Gasteiger partial charge in [-0.15, -0.1) is 0 Å². The molecule has 3 heterocycles. The van der Waals surface area contributed by atoms with Crippen LogP contribution in [0.2, 0.25) is 0 Å². The molecule has 0 aromatic carbocycles. The molecule has 128 valence electrons. The number of hydrogen-bond donors (Lipinski definition) is 0. The Balaban J connectivity index is 1.69. The van der Waals surface area contributed by atoms with Crippen LogP contribution >= 0.6 is 0 Å². The van der Waals surface area contributed by atoms with Gasteiger partial charge in [-0.1, -0.05) is 6.92 Å². The number of rotatable bonds is 5. The third-order valence-corrected chi connectivity index (χ3v) is 4.84. The maximum atomic E-state index is 12.7. The standard InChI is InChI=1S/C16H25F2N5/c1-2-13-10-23(8-7-22(13)11-14(17)18)16-9-15(19-12-20-16)21-5-3-4-6-21/h9,12-14H,2-8,10-11H2,1H3/t13-/m1/s1. The molecule has 1 aromatic heterocycles. The third-order valence-electron chi connectivity index (χ3n) is 4.84. The molecular formula is C16H25F2N5. The number of nitrogens with zero attached hydrogens (tertiary/aromatic N) is 5. The van der Waals surface area contributed by atoms with E-state index in [0.29, 0.717) is 6.54 Å². The zero-order valence-electron chi connectivity index (χ0n) is 13.7. The van der Waals surface area contributed by atoms with E-state index in [9.17, 15) is 8.78 Å². The summed E-state index contributed by atoms with van der Waals surface area (Å²) in [7, 11) is 0. The smallest absolute Gasteiger partial charge is 0.251 e. The molecule has 0 saturated carbocycles. The quantitative estimate of drug-likeness (QED) is 0.830. The molecule has 0 unspecified atom stereocenters. The Morgan fingerprint density at radius 1 is 1.09 bits per heavy atom. The van der Waals surface area contributed by atoms with E-state index in [1.165, 1.54) is 12.8 Å². The number of alkyl halides is 2. The minimum atomic E-state index is -2.27. The average Bonchev–Trinajstić information content (AvgIpc) is 3.09. The van der Waals surface area contributed by atoms with Crippen LogP contribution < -0.4 is 9.80 Å². The summed E-state index contributed by atoms with van der Waals surface area (Å²) in [6, 6.07) is 2.20. The van der Waals surface area contributed by atoms with E-state index in [-0.39, 0.29) is 12.6 Å². The van der Waals surface area contributed by atoms with Gasteiger partial charge in [0, 0.05) is 44.8 Å². The van der Waals surface area contributed by atoms with Crippen LogP contribution in [0.3, 0.4) is 0 Å². The Kier molecular flexibility index (Phi) is 5.25. The van der Waals surface area contributed by atoms with Crippen LogP contribution in [0.15, 0.2) is 12.4 Å². The maximum absolute atomic E-state index is 12.7. The summed E-state index contributed by atoms with van der Waals surface area (Å²) in [6.07, 6.45) is 2.65. The molecular weight excluding hydrogens is 300 g/mol. The highest BCUT2D eigenvalue weighted by atomic mass is 19.3. The first kappa shape index (κ1) is 16.4. The Morgan fingerprint density at radius 3 is 2.43 bits per heavy atom. The molecule has 0 amide bonds. The van der Waals surface area contributed by atoms with Crippen molar-refractivity contribution in [2.45, 2.75) is 38.7 Å². The fourth-order valence-corrected chi connectivity index (χ4v) is 3.54. The first-order chi connectivity index (χ1) is 11.2. The fraction of sp³-hybridized carbons (Fsp3) is 0.750. The normalized spacial score (nSPS) is 23.0. The monoisotopic (exact) mass is 325 g/mol. The molecule has 0 N–H and O–H groups in total. The number of aromatic nitrogens is 2. The molecule has 0 radical (unpaired) electrons. The maximum Gasteiger partial charge on any atom is 0.251 e. The molecule has 0 aliphatic carbocycles. The zero-order valence-corrected chi connectivity index (χ0v) is 13.7. The predicted molar refractivity (Wildman–Crippen MR) is 87.3 cm³/mol. The van der Waals surface area contributed by atoms with E-state index in [0.717, 1.165) is 44.2 Å². The molecule has 1 atom stereocenters. The van der Waals surface area contributed by atoms with Gasteiger partial charge in [0.05, 0.1) is 6.54 Å². The van der Waals surface area contributed by atoms with Gasteiger partial charge < -0.3 is 9.80 Å². The van der Waals surface area contributed by atoms with Gasteiger partial charge in [0.15, 0.2) is 0 Å². The van der Waals surface area contributed by atoms with Gasteiger partial charge in [-0.25, -0.2) is 18.7 Å². The van der Waals surface area contributed by atoms with Gasteiger partial charge in [-0.05, 0) is 19.3 Å². The highest BCUT2D eigenvalue weighted by Gasteiger charge is 2.28. The van der Waals surface area contributed by atoms with Crippen molar-refractivity contribution in [2.75, 3.05) is 49.1 Å². The van der Waals surface area contributed by atoms with Gasteiger partial charge in [-0.3, -0.25) is 4.90 Å². The highest BCUT2D eigenvalue weighted by molar-refractivity contribution is 5.51. The van der Waals surface area contributed by atoms with Crippen LogP contribution in [0.1, 0.15) is 26.2 Å². The van der Waals surface area contributed by atoms with E-state index < -0.39 is 6.43 Å². The molecule has 1 aromatic rings. The van der Waals surface area contributed by atoms with Crippen molar-refractivity contribution in [1.29, 1.82) is 0 Å². The van der Waals surface area contributed by atoms with Crippen molar-refractivity contribution in [3.05, 3.63) is 12.4 Å². The van der Waals surface area contributed by atoms with E-state index in [1.54, 1.807) is 6.33 Å². The Morgan fingerprint density at radius 2 is 1.78 bits per heavy atom. The summed E-state index contributed by atoms with van der Waals surface area (Å²) in [5, 5.41) is 0. The minimum Gasteiger partial charge on any atom is -0.356 e. The second-order valence-corrected chi connectivity index (χ2v) is 6.32. The van der Waals surface area contributed by atoms with Gasteiger partial charge >= 0.3 is 0 Å². The summed E-state index contributed by atoms with van der Waals surface area (Å²) in [5.41, 5.74) is 0. The Bertz CT molecular complexity index is 507. The van der Waals surface area contributed by atoms with E-state index in [1.807, 2.05) is 11.0 Å². The summed E-state index contributed by atoms with van der Waals surface area (Å²) >= 11 is 0. The van der Waals surface area contributed by atoms with E-state index in [2.05, 4.69) is 26.7 Å². The fourth-order valence-electron chi connectivity index (χ4n) is 3.54. The van der Waals surface area contributed by atoms with Crippen LogP contribution in [0.4, 0.5) is 20.4 Å². The van der Waals surface area contributed by atoms with Crippen LogP contribution in [-0.4, -0.2) is 66.6 Å². The summed E-state index contributed by atoms with van der Waals surface area (Å²) in [4.78, 5) is 15.2. The molecule has 2 aliphatic rings. The molecule has 5 nitrogen and oxygen atoms in total. The van der Waals surface area contributed by atoms with Crippen LogP contribution in [0.5, 0.6) is 0 Å². The second kappa shape index (κ2) is 7.38. The first-order valence-corrected chi connectivity index (χ1v) is 8.51. The highest BCUT2D eigenvalue weighted by Crippen LogP contribution is 2.24. The first-order valence-electron chi connectivity index (χ1n) is 8.51. The summed E-state index contributed by atoms with van der Waals surface area (Å²) in [6.45, 7) is 6.18. The lowest BCUT2D eigenvalue weighted by Gasteiger charge is -2.41. The van der Waals surface area contributed by atoms with Crippen molar-refractivity contribution >= 4 is 11.6 Å². The van der Waals surface area contributed by atoms with Crippen molar-refractivity contribution < 1.29 is 8.78 Å². The van der Waals surface area contributed by atoms with Crippen LogP contribution in [-0.2, 0) is 0 Å². The average molecular weight is 325 g/mol. The van der Waals surface area contributed by atoms with Crippen LogP contribution in [0.25, 0.3) is 0 Å². The molecule has 7 heteroatoms. The van der Waals surface area contributed by atoms with Crippen molar-refractivity contribution in [3.63, 3.8) is 0 Å². The molecule has 0 spiro atoms. The predicted octanol–water partition coefficient (Wildman–Crippen LogP) is 2.24. The zero-order chi connectivity index (χ0) is 16.2. The summed E-state index contributed by atoms with van der Waals surface area (Å²) < 4.78 is 25.4. The number of piperazine rings is 1.